The Morgan fingerprint density at radius 2 is 1.50 bits per heavy atom. The number of hydrogen-bond acceptors (Lipinski definition) is 3. The Morgan fingerprint density at radius 1 is 0.857 bits per heavy atom. The first-order valence-corrected chi connectivity index (χ1v) is 8.77. The average Bonchev–Trinajstić information content (AvgIpc) is 2.69. The summed E-state index contributed by atoms with van der Waals surface area (Å²) < 4.78 is 13.1. The smallest absolute Gasteiger partial charge is 0.253 e. The highest BCUT2D eigenvalue weighted by molar-refractivity contribution is 6.00. The molecule has 3 aromatic carbocycles. The van der Waals surface area contributed by atoms with Gasteiger partial charge < -0.3 is 16.0 Å². The van der Waals surface area contributed by atoms with E-state index in [-0.39, 0.29) is 17.6 Å². The SMILES string of the molecule is CC(=O)Nc1ccc(CNC(=O)c2ccccc2Nc2ccc(F)cc2)cc1. The summed E-state index contributed by atoms with van der Waals surface area (Å²) in [6.07, 6.45) is 0. The van der Waals surface area contributed by atoms with E-state index in [1.54, 1.807) is 42.5 Å². The number of para-hydroxylation sites is 1. The van der Waals surface area contributed by atoms with Crippen molar-refractivity contribution in [3.05, 3.63) is 89.7 Å². The summed E-state index contributed by atoms with van der Waals surface area (Å²) in [5.41, 5.74) is 3.42. The second-order valence-corrected chi connectivity index (χ2v) is 6.24. The molecule has 0 atom stereocenters. The third-order valence-electron chi connectivity index (χ3n) is 4.02. The highest BCUT2D eigenvalue weighted by Gasteiger charge is 2.11. The van der Waals surface area contributed by atoms with Gasteiger partial charge in [0, 0.05) is 24.8 Å². The highest BCUT2D eigenvalue weighted by Crippen LogP contribution is 2.21. The Hall–Kier alpha value is -3.67. The monoisotopic (exact) mass is 377 g/mol. The molecule has 0 radical (unpaired) electrons. The van der Waals surface area contributed by atoms with Crippen LogP contribution in [0.5, 0.6) is 0 Å². The zero-order valence-electron chi connectivity index (χ0n) is 15.3. The first-order valence-electron chi connectivity index (χ1n) is 8.77. The van der Waals surface area contributed by atoms with Crippen molar-refractivity contribution in [1.82, 2.24) is 5.32 Å². The summed E-state index contributed by atoms with van der Waals surface area (Å²) in [6, 6.07) is 20.3. The highest BCUT2D eigenvalue weighted by atomic mass is 19.1. The van der Waals surface area contributed by atoms with Gasteiger partial charge in [0.05, 0.1) is 11.3 Å². The largest absolute Gasteiger partial charge is 0.355 e. The predicted molar refractivity (Wildman–Crippen MR) is 108 cm³/mol. The van der Waals surface area contributed by atoms with Gasteiger partial charge in [0.15, 0.2) is 0 Å². The second kappa shape index (κ2) is 8.81. The van der Waals surface area contributed by atoms with E-state index in [9.17, 15) is 14.0 Å². The maximum Gasteiger partial charge on any atom is 0.253 e. The summed E-state index contributed by atoms with van der Waals surface area (Å²) in [6.45, 7) is 1.80. The van der Waals surface area contributed by atoms with E-state index >= 15 is 0 Å². The van der Waals surface area contributed by atoms with Gasteiger partial charge >= 0.3 is 0 Å². The quantitative estimate of drug-likeness (QED) is 0.594. The fourth-order valence-electron chi connectivity index (χ4n) is 2.67. The fraction of sp³-hybridized carbons (Fsp3) is 0.0909. The van der Waals surface area contributed by atoms with E-state index in [4.69, 9.17) is 0 Å². The molecule has 0 aliphatic heterocycles. The van der Waals surface area contributed by atoms with Crippen molar-refractivity contribution in [2.45, 2.75) is 13.5 Å². The van der Waals surface area contributed by atoms with Gasteiger partial charge in [-0.25, -0.2) is 4.39 Å². The van der Waals surface area contributed by atoms with Crippen LogP contribution in [-0.4, -0.2) is 11.8 Å². The van der Waals surface area contributed by atoms with E-state index in [1.165, 1.54) is 19.1 Å². The van der Waals surface area contributed by atoms with Crippen LogP contribution in [0.15, 0.2) is 72.8 Å². The standard InChI is InChI=1S/C22H20FN3O2/c1-15(27)25-18-10-6-16(7-11-18)14-24-22(28)20-4-2-3-5-21(20)26-19-12-8-17(23)9-13-19/h2-13,26H,14H2,1H3,(H,24,28)(H,25,27). The first-order chi connectivity index (χ1) is 13.5. The fourth-order valence-corrected chi connectivity index (χ4v) is 2.67. The van der Waals surface area contributed by atoms with E-state index in [0.29, 0.717) is 29.2 Å². The maximum absolute atomic E-state index is 13.1. The molecule has 0 aromatic heterocycles. The summed E-state index contributed by atoms with van der Waals surface area (Å²) in [5, 5.41) is 8.72. The van der Waals surface area contributed by atoms with Crippen molar-refractivity contribution in [2.24, 2.45) is 0 Å². The Morgan fingerprint density at radius 3 is 2.18 bits per heavy atom. The van der Waals surface area contributed by atoms with Crippen LogP contribution in [0.2, 0.25) is 0 Å². The molecule has 0 saturated heterocycles. The summed E-state index contributed by atoms with van der Waals surface area (Å²) in [4.78, 5) is 23.7. The van der Waals surface area contributed by atoms with Crippen LogP contribution in [-0.2, 0) is 11.3 Å². The van der Waals surface area contributed by atoms with Crippen molar-refractivity contribution in [2.75, 3.05) is 10.6 Å². The van der Waals surface area contributed by atoms with Gasteiger partial charge in [0.25, 0.3) is 5.91 Å². The topological polar surface area (TPSA) is 70.2 Å². The molecule has 6 heteroatoms. The number of benzene rings is 3. The lowest BCUT2D eigenvalue weighted by Crippen LogP contribution is -2.23. The Labute approximate surface area is 162 Å². The lowest BCUT2D eigenvalue weighted by atomic mass is 10.1. The normalized spacial score (nSPS) is 10.2. The van der Waals surface area contributed by atoms with Gasteiger partial charge in [-0.15, -0.1) is 0 Å². The molecule has 5 nitrogen and oxygen atoms in total. The lowest BCUT2D eigenvalue weighted by Gasteiger charge is -2.12. The molecule has 142 valence electrons. The van der Waals surface area contributed by atoms with E-state index in [1.807, 2.05) is 18.2 Å². The number of amides is 2. The molecule has 0 saturated carbocycles. The van der Waals surface area contributed by atoms with Crippen molar-refractivity contribution in [3.8, 4) is 0 Å². The molecule has 3 aromatic rings. The van der Waals surface area contributed by atoms with Crippen LogP contribution in [0.4, 0.5) is 21.5 Å². The maximum atomic E-state index is 13.1. The van der Waals surface area contributed by atoms with Crippen LogP contribution in [0.3, 0.4) is 0 Å². The summed E-state index contributed by atoms with van der Waals surface area (Å²) in [7, 11) is 0. The molecule has 0 aliphatic carbocycles. The second-order valence-electron chi connectivity index (χ2n) is 6.24. The zero-order chi connectivity index (χ0) is 19.9. The Kier molecular flexibility index (Phi) is 6.01. The Balaban J connectivity index is 1.66. The van der Waals surface area contributed by atoms with Gasteiger partial charge in [-0.05, 0) is 54.1 Å². The minimum Gasteiger partial charge on any atom is -0.355 e. The molecule has 0 spiro atoms. The van der Waals surface area contributed by atoms with Gasteiger partial charge in [-0.2, -0.15) is 0 Å². The molecular weight excluding hydrogens is 357 g/mol. The van der Waals surface area contributed by atoms with E-state index < -0.39 is 0 Å². The van der Waals surface area contributed by atoms with Crippen LogP contribution in [0, 0.1) is 5.82 Å². The molecule has 3 N–H and O–H groups in total. The van der Waals surface area contributed by atoms with Crippen LogP contribution in [0.25, 0.3) is 0 Å². The molecule has 0 bridgehead atoms. The Bertz CT molecular complexity index is 970. The van der Waals surface area contributed by atoms with Crippen LogP contribution >= 0.6 is 0 Å². The minimum absolute atomic E-state index is 0.133. The predicted octanol–water partition coefficient (Wildman–Crippen LogP) is 4.46. The molecule has 2 amide bonds. The van der Waals surface area contributed by atoms with Crippen molar-refractivity contribution in [1.29, 1.82) is 0 Å². The average molecular weight is 377 g/mol. The summed E-state index contributed by atoms with van der Waals surface area (Å²) in [5.74, 6) is -0.677. The minimum atomic E-state index is -0.318. The number of hydrogen-bond donors (Lipinski definition) is 3. The molecule has 28 heavy (non-hydrogen) atoms. The molecule has 0 unspecified atom stereocenters. The van der Waals surface area contributed by atoms with E-state index in [0.717, 1.165) is 5.56 Å². The molecule has 0 aliphatic rings. The van der Waals surface area contributed by atoms with Gasteiger partial charge in [-0.3, -0.25) is 9.59 Å². The number of anilines is 3. The zero-order valence-corrected chi connectivity index (χ0v) is 15.3. The van der Waals surface area contributed by atoms with Crippen molar-refractivity contribution in [3.63, 3.8) is 0 Å². The van der Waals surface area contributed by atoms with Gasteiger partial charge in [0.2, 0.25) is 5.91 Å². The number of halogens is 1. The molecule has 0 fully saturated rings. The number of rotatable bonds is 6. The molecule has 0 heterocycles. The van der Waals surface area contributed by atoms with Crippen LogP contribution < -0.4 is 16.0 Å². The number of nitrogens with one attached hydrogen (secondary N) is 3. The van der Waals surface area contributed by atoms with E-state index in [2.05, 4.69) is 16.0 Å². The van der Waals surface area contributed by atoms with Gasteiger partial charge in [-0.1, -0.05) is 24.3 Å². The van der Waals surface area contributed by atoms with Gasteiger partial charge in [0.1, 0.15) is 5.82 Å². The first kappa shape index (κ1) is 19.1. The van der Waals surface area contributed by atoms with Crippen molar-refractivity contribution < 1.29 is 14.0 Å². The van der Waals surface area contributed by atoms with Crippen LogP contribution in [0.1, 0.15) is 22.8 Å². The lowest BCUT2D eigenvalue weighted by molar-refractivity contribution is -0.114. The third-order valence-corrected chi connectivity index (χ3v) is 4.02. The van der Waals surface area contributed by atoms with Crippen molar-refractivity contribution >= 4 is 28.9 Å². The number of carbonyl (C=O) groups is 2. The summed E-state index contributed by atoms with van der Waals surface area (Å²) >= 11 is 0. The third kappa shape index (κ3) is 5.17. The molecule has 3 rings (SSSR count). The molecular formula is C22H20FN3O2. The number of carbonyl (C=O) groups excluding carboxylic acids is 2.